The van der Waals surface area contributed by atoms with Gasteiger partial charge in [-0.15, -0.1) is 0 Å². The fourth-order valence-electron chi connectivity index (χ4n) is 2.56. The van der Waals surface area contributed by atoms with E-state index in [2.05, 4.69) is 6.92 Å². The standard InChI is InChI=1S/C16H28O4/c1-5-7-9-12(11(3)4)13(10-8-6-2)14(15(17)18)16(19)20/h11-12H,5-10H2,1-4H3,(H,17,18)(H,19,20). The van der Waals surface area contributed by atoms with Gasteiger partial charge < -0.3 is 10.2 Å². The lowest BCUT2D eigenvalue weighted by Gasteiger charge is -2.25. The summed E-state index contributed by atoms with van der Waals surface area (Å²) in [4.78, 5) is 22.6. The largest absolute Gasteiger partial charge is 0.477 e. The molecule has 0 aliphatic rings. The van der Waals surface area contributed by atoms with E-state index in [-0.39, 0.29) is 11.8 Å². The van der Waals surface area contributed by atoms with Crippen LogP contribution in [0.1, 0.15) is 66.2 Å². The van der Waals surface area contributed by atoms with Gasteiger partial charge in [-0.3, -0.25) is 0 Å². The van der Waals surface area contributed by atoms with Crippen molar-refractivity contribution >= 4 is 11.9 Å². The zero-order chi connectivity index (χ0) is 15.7. The van der Waals surface area contributed by atoms with Gasteiger partial charge in [0.15, 0.2) is 0 Å². The van der Waals surface area contributed by atoms with Gasteiger partial charge in [0.2, 0.25) is 0 Å². The number of carboxylic acid groups (broad SMARTS) is 2. The molecule has 4 heteroatoms. The Balaban J connectivity index is 5.61. The molecule has 0 heterocycles. The number of carboxylic acids is 2. The lowest BCUT2D eigenvalue weighted by Crippen LogP contribution is -2.21. The molecule has 0 aromatic carbocycles. The van der Waals surface area contributed by atoms with Crippen LogP contribution in [-0.4, -0.2) is 22.2 Å². The van der Waals surface area contributed by atoms with Gasteiger partial charge in [0.25, 0.3) is 0 Å². The number of hydrogen-bond donors (Lipinski definition) is 2. The van der Waals surface area contributed by atoms with Gasteiger partial charge in [0, 0.05) is 0 Å². The SMILES string of the molecule is CCCCC(=C(C(=O)O)C(=O)O)C(CCCC)C(C)C. The zero-order valence-electron chi connectivity index (χ0n) is 13.1. The minimum absolute atomic E-state index is 0.0451. The molecule has 1 unspecified atom stereocenters. The third kappa shape index (κ3) is 5.76. The zero-order valence-corrected chi connectivity index (χ0v) is 13.1. The molecule has 0 saturated carbocycles. The molecule has 0 rings (SSSR count). The maximum atomic E-state index is 11.3. The van der Waals surface area contributed by atoms with Crippen LogP contribution >= 0.6 is 0 Å². The van der Waals surface area contributed by atoms with Crippen molar-refractivity contribution in [3.8, 4) is 0 Å². The number of hydrogen-bond acceptors (Lipinski definition) is 2. The molecule has 116 valence electrons. The average Bonchev–Trinajstić information content (AvgIpc) is 2.34. The maximum Gasteiger partial charge on any atom is 0.343 e. The molecule has 0 aliphatic heterocycles. The van der Waals surface area contributed by atoms with Crippen molar-refractivity contribution in [3.63, 3.8) is 0 Å². The first-order chi connectivity index (χ1) is 9.36. The Labute approximate surface area is 121 Å². The highest BCUT2D eigenvalue weighted by Crippen LogP contribution is 2.32. The number of unbranched alkanes of at least 4 members (excludes halogenated alkanes) is 2. The van der Waals surface area contributed by atoms with Crippen molar-refractivity contribution in [2.75, 3.05) is 0 Å². The highest BCUT2D eigenvalue weighted by atomic mass is 16.4. The Hall–Kier alpha value is -1.32. The van der Waals surface area contributed by atoms with Gasteiger partial charge in [-0.05, 0) is 36.7 Å². The molecule has 0 radical (unpaired) electrons. The third-order valence-corrected chi connectivity index (χ3v) is 3.67. The van der Waals surface area contributed by atoms with Crippen LogP contribution in [0.3, 0.4) is 0 Å². The maximum absolute atomic E-state index is 11.3. The molecule has 0 bridgehead atoms. The van der Waals surface area contributed by atoms with Gasteiger partial charge in [0.05, 0.1) is 0 Å². The topological polar surface area (TPSA) is 74.6 Å². The second-order valence-electron chi connectivity index (χ2n) is 5.61. The van der Waals surface area contributed by atoms with Gasteiger partial charge in [0.1, 0.15) is 5.57 Å². The number of aliphatic carboxylic acids is 2. The summed E-state index contributed by atoms with van der Waals surface area (Å²) < 4.78 is 0. The number of rotatable bonds is 10. The third-order valence-electron chi connectivity index (χ3n) is 3.67. The summed E-state index contributed by atoms with van der Waals surface area (Å²) in [6.45, 7) is 8.18. The van der Waals surface area contributed by atoms with Crippen molar-refractivity contribution in [2.24, 2.45) is 11.8 Å². The summed E-state index contributed by atoms with van der Waals surface area (Å²) in [6.07, 6.45) is 5.20. The predicted molar refractivity (Wildman–Crippen MR) is 79.7 cm³/mol. The first-order valence-electron chi connectivity index (χ1n) is 7.56. The second kappa shape index (κ2) is 9.56. The van der Waals surface area contributed by atoms with Gasteiger partial charge in [-0.25, -0.2) is 9.59 Å². The molecule has 0 fully saturated rings. The number of carbonyl (C=O) groups is 2. The van der Waals surface area contributed by atoms with Crippen LogP contribution < -0.4 is 0 Å². The summed E-state index contributed by atoms with van der Waals surface area (Å²) in [6, 6.07) is 0. The Morgan fingerprint density at radius 3 is 1.80 bits per heavy atom. The average molecular weight is 284 g/mol. The van der Waals surface area contributed by atoms with E-state index < -0.39 is 17.5 Å². The molecule has 0 aromatic rings. The molecule has 4 nitrogen and oxygen atoms in total. The lowest BCUT2D eigenvalue weighted by atomic mass is 9.79. The lowest BCUT2D eigenvalue weighted by molar-refractivity contribution is -0.140. The smallest absolute Gasteiger partial charge is 0.343 e. The van der Waals surface area contributed by atoms with E-state index in [1.54, 1.807) is 0 Å². The molecule has 0 spiro atoms. The summed E-state index contributed by atoms with van der Waals surface area (Å²) >= 11 is 0. The van der Waals surface area contributed by atoms with E-state index >= 15 is 0 Å². The minimum atomic E-state index is -1.31. The number of allylic oxidation sites excluding steroid dienone is 1. The van der Waals surface area contributed by atoms with Crippen molar-refractivity contribution in [1.82, 2.24) is 0 Å². The van der Waals surface area contributed by atoms with Gasteiger partial charge in [-0.1, -0.05) is 47.0 Å². The Kier molecular flexibility index (Phi) is 8.93. The monoisotopic (exact) mass is 284 g/mol. The van der Waals surface area contributed by atoms with Crippen LogP contribution in [0.2, 0.25) is 0 Å². The highest BCUT2D eigenvalue weighted by molar-refractivity contribution is 6.13. The van der Waals surface area contributed by atoms with Crippen LogP contribution in [0, 0.1) is 11.8 Å². The van der Waals surface area contributed by atoms with E-state index in [1.807, 2.05) is 20.8 Å². The van der Waals surface area contributed by atoms with Crippen LogP contribution in [0.4, 0.5) is 0 Å². The summed E-state index contributed by atoms with van der Waals surface area (Å²) in [7, 11) is 0. The van der Waals surface area contributed by atoms with E-state index in [1.165, 1.54) is 0 Å². The fourth-order valence-corrected chi connectivity index (χ4v) is 2.56. The normalized spacial score (nSPS) is 12.2. The minimum Gasteiger partial charge on any atom is -0.477 e. The first kappa shape index (κ1) is 18.7. The molecular formula is C16H28O4. The summed E-state index contributed by atoms with van der Waals surface area (Å²) in [5.74, 6) is -2.33. The Morgan fingerprint density at radius 2 is 1.45 bits per heavy atom. The van der Waals surface area contributed by atoms with Gasteiger partial charge in [-0.2, -0.15) is 0 Å². The van der Waals surface area contributed by atoms with E-state index in [9.17, 15) is 19.8 Å². The molecule has 0 amide bonds. The molecule has 2 N–H and O–H groups in total. The molecule has 0 saturated heterocycles. The van der Waals surface area contributed by atoms with Crippen LogP contribution in [0.25, 0.3) is 0 Å². The second-order valence-corrected chi connectivity index (χ2v) is 5.61. The van der Waals surface area contributed by atoms with Crippen molar-refractivity contribution in [3.05, 3.63) is 11.1 Å². The molecule has 1 atom stereocenters. The first-order valence-corrected chi connectivity index (χ1v) is 7.56. The predicted octanol–water partition coefficient (Wildman–Crippen LogP) is 4.10. The molecule has 0 aliphatic carbocycles. The molecule has 20 heavy (non-hydrogen) atoms. The van der Waals surface area contributed by atoms with E-state index in [0.717, 1.165) is 32.1 Å². The Bertz CT molecular complexity index is 339. The molecule has 0 aromatic heterocycles. The highest BCUT2D eigenvalue weighted by Gasteiger charge is 2.28. The van der Waals surface area contributed by atoms with Crippen LogP contribution in [0.15, 0.2) is 11.1 Å². The van der Waals surface area contributed by atoms with Crippen LogP contribution in [-0.2, 0) is 9.59 Å². The van der Waals surface area contributed by atoms with E-state index in [4.69, 9.17) is 0 Å². The molecular weight excluding hydrogens is 256 g/mol. The van der Waals surface area contributed by atoms with Crippen LogP contribution in [0.5, 0.6) is 0 Å². The van der Waals surface area contributed by atoms with Crippen molar-refractivity contribution in [2.45, 2.75) is 66.2 Å². The van der Waals surface area contributed by atoms with Gasteiger partial charge >= 0.3 is 11.9 Å². The summed E-state index contributed by atoms with van der Waals surface area (Å²) in [5, 5.41) is 18.5. The fraction of sp³-hybridized carbons (Fsp3) is 0.750. The van der Waals surface area contributed by atoms with E-state index in [0.29, 0.717) is 12.0 Å². The Morgan fingerprint density at radius 1 is 0.950 bits per heavy atom. The summed E-state index contributed by atoms with van der Waals surface area (Å²) in [5.41, 5.74) is 0.212. The van der Waals surface area contributed by atoms with Crippen molar-refractivity contribution in [1.29, 1.82) is 0 Å². The quantitative estimate of drug-likeness (QED) is 0.360. The van der Waals surface area contributed by atoms with Crippen molar-refractivity contribution < 1.29 is 19.8 Å².